The zero-order chi connectivity index (χ0) is 13.9. The van der Waals surface area contributed by atoms with Crippen molar-refractivity contribution in [3.8, 4) is 0 Å². The second-order valence-corrected chi connectivity index (χ2v) is 4.12. The van der Waals surface area contributed by atoms with Gasteiger partial charge in [0, 0.05) is 18.3 Å². The van der Waals surface area contributed by atoms with Gasteiger partial charge in [0.1, 0.15) is 12.4 Å². The first-order valence-corrected chi connectivity index (χ1v) is 5.61. The summed E-state index contributed by atoms with van der Waals surface area (Å²) in [6, 6.07) is 3.13. The van der Waals surface area contributed by atoms with E-state index in [1.54, 1.807) is 13.8 Å². The minimum atomic E-state index is -4.31. The average Bonchev–Trinajstić information content (AvgIpc) is 2.24. The lowest BCUT2D eigenvalue weighted by atomic mass is 10.1. The Kier molecular flexibility index (Phi) is 4.56. The van der Waals surface area contributed by atoms with Crippen molar-refractivity contribution in [1.82, 2.24) is 0 Å². The molecule has 0 saturated heterocycles. The van der Waals surface area contributed by atoms with Gasteiger partial charge in [0.2, 0.25) is 0 Å². The Morgan fingerprint density at radius 1 is 1.33 bits per heavy atom. The standard InChI is InChI=1S/C12H16F4N2/c1-3-18(7-12(14,15)16)11-5-4-9(13)6-10(11)8(2)17/h4-6,8H,3,7,17H2,1-2H3. The van der Waals surface area contributed by atoms with Crippen LogP contribution in [-0.2, 0) is 0 Å². The number of alkyl halides is 3. The zero-order valence-corrected chi connectivity index (χ0v) is 10.3. The molecule has 0 radical (unpaired) electrons. The summed E-state index contributed by atoms with van der Waals surface area (Å²) in [5, 5.41) is 0. The molecule has 0 amide bonds. The molecule has 1 unspecified atom stereocenters. The lowest BCUT2D eigenvalue weighted by Crippen LogP contribution is -2.35. The van der Waals surface area contributed by atoms with Crippen LogP contribution in [0.1, 0.15) is 25.5 Å². The number of hydrogen-bond acceptors (Lipinski definition) is 2. The van der Waals surface area contributed by atoms with Crippen molar-refractivity contribution in [3.05, 3.63) is 29.6 Å². The molecule has 0 aliphatic carbocycles. The first-order valence-electron chi connectivity index (χ1n) is 5.61. The highest BCUT2D eigenvalue weighted by Crippen LogP contribution is 2.28. The van der Waals surface area contributed by atoms with Gasteiger partial charge in [-0.2, -0.15) is 13.2 Å². The summed E-state index contributed by atoms with van der Waals surface area (Å²) in [6.45, 7) is 2.32. The monoisotopic (exact) mass is 264 g/mol. The Bertz CT molecular complexity index is 402. The van der Waals surface area contributed by atoms with Crippen molar-refractivity contribution in [2.75, 3.05) is 18.0 Å². The maximum atomic E-state index is 13.1. The minimum Gasteiger partial charge on any atom is -0.363 e. The molecular formula is C12H16F4N2. The summed E-state index contributed by atoms with van der Waals surface area (Å²) in [4.78, 5) is 1.14. The van der Waals surface area contributed by atoms with Gasteiger partial charge < -0.3 is 10.6 Å². The molecule has 102 valence electrons. The average molecular weight is 264 g/mol. The molecule has 0 bridgehead atoms. The van der Waals surface area contributed by atoms with Gasteiger partial charge in [-0.3, -0.25) is 0 Å². The minimum absolute atomic E-state index is 0.171. The van der Waals surface area contributed by atoms with Gasteiger partial charge in [0.25, 0.3) is 0 Å². The molecule has 0 aliphatic heterocycles. The van der Waals surface area contributed by atoms with E-state index in [9.17, 15) is 17.6 Å². The molecule has 18 heavy (non-hydrogen) atoms. The third-order valence-electron chi connectivity index (χ3n) is 2.57. The normalized spacial score (nSPS) is 13.5. The molecule has 2 nitrogen and oxygen atoms in total. The number of benzene rings is 1. The van der Waals surface area contributed by atoms with Gasteiger partial charge in [-0.05, 0) is 37.6 Å². The van der Waals surface area contributed by atoms with Gasteiger partial charge in [0.15, 0.2) is 0 Å². The number of halogens is 4. The molecule has 0 aliphatic rings. The first kappa shape index (κ1) is 14.8. The molecule has 2 N–H and O–H groups in total. The van der Waals surface area contributed by atoms with Crippen molar-refractivity contribution in [2.45, 2.75) is 26.1 Å². The fourth-order valence-corrected chi connectivity index (χ4v) is 1.76. The predicted molar refractivity (Wildman–Crippen MR) is 62.9 cm³/mol. The number of nitrogens with zero attached hydrogens (tertiary/aromatic N) is 1. The van der Waals surface area contributed by atoms with Gasteiger partial charge in [-0.25, -0.2) is 4.39 Å². The van der Waals surface area contributed by atoms with Crippen molar-refractivity contribution in [1.29, 1.82) is 0 Å². The van der Waals surface area contributed by atoms with E-state index >= 15 is 0 Å². The van der Waals surface area contributed by atoms with Gasteiger partial charge in [0.05, 0.1) is 0 Å². The van der Waals surface area contributed by atoms with E-state index in [-0.39, 0.29) is 6.54 Å². The Hall–Kier alpha value is -1.30. The topological polar surface area (TPSA) is 29.3 Å². The van der Waals surface area contributed by atoms with Crippen LogP contribution in [0.3, 0.4) is 0 Å². The van der Waals surface area contributed by atoms with E-state index in [1.807, 2.05) is 0 Å². The summed E-state index contributed by atoms with van der Waals surface area (Å²) < 4.78 is 50.4. The van der Waals surface area contributed by atoms with Crippen molar-refractivity contribution in [2.24, 2.45) is 5.73 Å². The highest BCUT2D eigenvalue weighted by molar-refractivity contribution is 5.55. The molecule has 1 aromatic carbocycles. The number of rotatable bonds is 4. The molecule has 6 heteroatoms. The lowest BCUT2D eigenvalue weighted by molar-refractivity contribution is -0.119. The largest absolute Gasteiger partial charge is 0.405 e. The van der Waals surface area contributed by atoms with Crippen LogP contribution in [-0.4, -0.2) is 19.3 Å². The Morgan fingerprint density at radius 2 is 1.94 bits per heavy atom. The fourth-order valence-electron chi connectivity index (χ4n) is 1.76. The van der Waals surface area contributed by atoms with Crippen LogP contribution < -0.4 is 10.6 Å². The second kappa shape index (κ2) is 5.56. The van der Waals surface area contributed by atoms with Crippen LogP contribution in [0.2, 0.25) is 0 Å². The molecule has 0 spiro atoms. The van der Waals surface area contributed by atoms with E-state index in [0.717, 1.165) is 11.0 Å². The van der Waals surface area contributed by atoms with Crippen LogP contribution in [0.15, 0.2) is 18.2 Å². The van der Waals surface area contributed by atoms with E-state index in [1.165, 1.54) is 12.1 Å². The summed E-state index contributed by atoms with van der Waals surface area (Å²) in [7, 11) is 0. The zero-order valence-electron chi connectivity index (χ0n) is 10.3. The highest BCUT2D eigenvalue weighted by atomic mass is 19.4. The number of hydrogen-bond donors (Lipinski definition) is 1. The molecule has 1 aromatic rings. The number of anilines is 1. The van der Waals surface area contributed by atoms with Crippen LogP contribution >= 0.6 is 0 Å². The van der Waals surface area contributed by atoms with E-state index in [2.05, 4.69) is 0 Å². The third kappa shape index (κ3) is 3.87. The lowest BCUT2D eigenvalue weighted by Gasteiger charge is -2.27. The molecular weight excluding hydrogens is 248 g/mol. The summed E-state index contributed by atoms with van der Waals surface area (Å²) in [6.07, 6.45) is -4.31. The maximum absolute atomic E-state index is 13.1. The van der Waals surface area contributed by atoms with Crippen molar-refractivity contribution >= 4 is 5.69 Å². The van der Waals surface area contributed by atoms with Gasteiger partial charge in [-0.15, -0.1) is 0 Å². The number of nitrogens with two attached hydrogens (primary N) is 1. The molecule has 1 atom stereocenters. The second-order valence-electron chi connectivity index (χ2n) is 4.12. The van der Waals surface area contributed by atoms with Gasteiger partial charge >= 0.3 is 6.18 Å². The Balaban J connectivity index is 3.12. The van der Waals surface area contributed by atoms with Crippen molar-refractivity contribution in [3.63, 3.8) is 0 Å². The summed E-state index contributed by atoms with van der Waals surface area (Å²) in [5.74, 6) is -0.505. The first-order chi connectivity index (χ1) is 8.24. The van der Waals surface area contributed by atoms with Crippen molar-refractivity contribution < 1.29 is 17.6 Å². The summed E-state index contributed by atoms with van der Waals surface area (Å²) >= 11 is 0. The molecule has 0 fully saturated rings. The predicted octanol–water partition coefficient (Wildman–Crippen LogP) is 3.23. The molecule has 0 aromatic heterocycles. The van der Waals surface area contributed by atoms with Crippen LogP contribution in [0.25, 0.3) is 0 Å². The van der Waals surface area contributed by atoms with E-state index in [4.69, 9.17) is 5.73 Å². The van der Waals surface area contributed by atoms with Crippen LogP contribution in [0, 0.1) is 5.82 Å². The van der Waals surface area contributed by atoms with Gasteiger partial charge in [-0.1, -0.05) is 0 Å². The Morgan fingerprint density at radius 3 is 2.39 bits per heavy atom. The SMILES string of the molecule is CCN(CC(F)(F)F)c1ccc(F)cc1C(C)N. The summed E-state index contributed by atoms with van der Waals surface area (Å²) in [5.41, 5.74) is 6.37. The van der Waals surface area contributed by atoms with Crippen LogP contribution in [0.4, 0.5) is 23.2 Å². The van der Waals surface area contributed by atoms with Crippen LogP contribution in [0.5, 0.6) is 0 Å². The fraction of sp³-hybridized carbons (Fsp3) is 0.500. The van der Waals surface area contributed by atoms with E-state index in [0.29, 0.717) is 11.3 Å². The van der Waals surface area contributed by atoms with E-state index < -0.39 is 24.6 Å². The third-order valence-corrected chi connectivity index (χ3v) is 2.57. The molecule has 0 saturated carbocycles. The highest BCUT2D eigenvalue weighted by Gasteiger charge is 2.31. The maximum Gasteiger partial charge on any atom is 0.405 e. The quantitative estimate of drug-likeness (QED) is 0.846. The smallest absolute Gasteiger partial charge is 0.363 e. The molecule has 1 rings (SSSR count). The molecule has 0 heterocycles. The Labute approximate surface area is 103 Å².